The van der Waals surface area contributed by atoms with Crippen LogP contribution >= 0.6 is 34.7 Å². The first-order chi connectivity index (χ1) is 8.79. The number of alkyl halides is 3. The molecule has 0 aliphatic carbocycles. The quantitative estimate of drug-likeness (QED) is 0.808. The zero-order valence-corrected chi connectivity index (χ0v) is 12.2. The molecule has 0 bridgehead atoms. The molecule has 0 unspecified atom stereocenters. The topological polar surface area (TPSA) is 43.6 Å². The number of hydrogen-bond donors (Lipinski definition) is 0. The van der Waals surface area contributed by atoms with Crippen LogP contribution in [0.5, 0.6) is 0 Å². The Morgan fingerprint density at radius 2 is 2.05 bits per heavy atom. The van der Waals surface area contributed by atoms with Gasteiger partial charge in [-0.25, -0.2) is 0 Å². The summed E-state index contributed by atoms with van der Waals surface area (Å²) in [6.07, 6.45) is -4.52. The summed E-state index contributed by atoms with van der Waals surface area (Å²) >= 11 is 8.33. The number of halogens is 4. The Bertz CT molecular complexity index is 593. The van der Waals surface area contributed by atoms with Gasteiger partial charge in [-0.15, -0.1) is 10.2 Å². The predicted octanol–water partition coefficient (Wildman–Crippen LogP) is 3.54. The fourth-order valence-electron chi connectivity index (χ4n) is 1.37. The Hall–Kier alpha value is -0.800. The van der Waals surface area contributed by atoms with Crippen molar-refractivity contribution in [2.24, 2.45) is 7.05 Å². The minimum absolute atomic E-state index is 0.0129. The maximum Gasteiger partial charge on any atom is 0.435 e. The van der Waals surface area contributed by atoms with E-state index in [2.05, 4.69) is 15.3 Å². The Morgan fingerprint density at radius 3 is 2.58 bits per heavy atom. The van der Waals surface area contributed by atoms with Crippen molar-refractivity contribution < 1.29 is 13.2 Å². The summed E-state index contributed by atoms with van der Waals surface area (Å²) in [6.45, 7) is 1.78. The third-order valence-electron chi connectivity index (χ3n) is 2.18. The number of aromatic nitrogens is 4. The van der Waals surface area contributed by atoms with E-state index in [1.165, 1.54) is 18.4 Å². The van der Waals surface area contributed by atoms with Crippen LogP contribution in [0, 0.1) is 6.92 Å². The van der Waals surface area contributed by atoms with Crippen molar-refractivity contribution in [3.8, 4) is 0 Å². The van der Waals surface area contributed by atoms with Crippen molar-refractivity contribution in [3.05, 3.63) is 21.4 Å². The SMILES string of the molecule is Cc1nnc(SCc2c(C(F)(F)F)nn(C)c2Cl)s1. The molecule has 2 heterocycles. The molecule has 0 aromatic carbocycles. The first-order valence-corrected chi connectivity index (χ1v) is 7.18. The van der Waals surface area contributed by atoms with E-state index in [0.29, 0.717) is 4.34 Å². The second-order valence-corrected chi connectivity index (χ2v) is 6.38. The highest BCUT2D eigenvalue weighted by molar-refractivity contribution is 8.00. The molecule has 0 atom stereocenters. The first-order valence-electron chi connectivity index (χ1n) is 5.00. The van der Waals surface area contributed by atoms with Crippen molar-refractivity contribution in [1.82, 2.24) is 20.0 Å². The van der Waals surface area contributed by atoms with Gasteiger partial charge in [0.15, 0.2) is 10.0 Å². The van der Waals surface area contributed by atoms with Crippen LogP contribution in [-0.2, 0) is 19.0 Å². The molecule has 4 nitrogen and oxygen atoms in total. The van der Waals surface area contributed by atoms with Gasteiger partial charge < -0.3 is 0 Å². The van der Waals surface area contributed by atoms with Gasteiger partial charge in [0, 0.05) is 18.4 Å². The van der Waals surface area contributed by atoms with Crippen LogP contribution < -0.4 is 0 Å². The number of nitrogens with zero attached hydrogens (tertiary/aromatic N) is 4. The average molecular weight is 329 g/mol. The summed E-state index contributed by atoms with van der Waals surface area (Å²) in [7, 11) is 1.38. The molecule has 19 heavy (non-hydrogen) atoms. The monoisotopic (exact) mass is 328 g/mol. The van der Waals surface area contributed by atoms with Crippen LogP contribution in [0.2, 0.25) is 5.15 Å². The van der Waals surface area contributed by atoms with Gasteiger partial charge in [0.25, 0.3) is 0 Å². The molecule has 0 aliphatic heterocycles. The first kappa shape index (κ1) is 14.6. The maximum atomic E-state index is 12.8. The summed E-state index contributed by atoms with van der Waals surface area (Å²) in [5.74, 6) is 0.0517. The lowest BCUT2D eigenvalue weighted by molar-refractivity contribution is -0.141. The highest BCUT2D eigenvalue weighted by Gasteiger charge is 2.38. The normalized spacial score (nSPS) is 12.1. The Kier molecular flexibility index (Phi) is 4.07. The second-order valence-electron chi connectivity index (χ2n) is 3.61. The van der Waals surface area contributed by atoms with E-state index in [1.807, 2.05) is 0 Å². The molecule has 0 N–H and O–H groups in total. The van der Waals surface area contributed by atoms with Crippen LogP contribution in [0.1, 0.15) is 16.3 Å². The molecular weight excluding hydrogens is 321 g/mol. The zero-order chi connectivity index (χ0) is 14.2. The minimum atomic E-state index is -4.52. The highest BCUT2D eigenvalue weighted by atomic mass is 35.5. The molecule has 0 amide bonds. The summed E-state index contributed by atoms with van der Waals surface area (Å²) in [4.78, 5) is 0. The van der Waals surface area contributed by atoms with Crippen molar-refractivity contribution >= 4 is 34.7 Å². The molecule has 2 aromatic rings. The van der Waals surface area contributed by atoms with Crippen LogP contribution in [0.15, 0.2) is 4.34 Å². The van der Waals surface area contributed by atoms with Gasteiger partial charge in [-0.05, 0) is 6.92 Å². The molecule has 2 rings (SSSR count). The minimum Gasteiger partial charge on any atom is -0.256 e. The predicted molar refractivity (Wildman–Crippen MR) is 67.4 cm³/mol. The highest BCUT2D eigenvalue weighted by Crippen LogP contribution is 2.37. The van der Waals surface area contributed by atoms with Crippen molar-refractivity contribution in [3.63, 3.8) is 0 Å². The molecule has 0 spiro atoms. The van der Waals surface area contributed by atoms with Crippen LogP contribution in [-0.4, -0.2) is 20.0 Å². The number of thioether (sulfide) groups is 1. The lowest BCUT2D eigenvalue weighted by Gasteiger charge is -2.05. The third kappa shape index (κ3) is 3.21. The fraction of sp³-hybridized carbons (Fsp3) is 0.444. The van der Waals surface area contributed by atoms with Gasteiger partial charge in [0.05, 0.1) is 0 Å². The Balaban J connectivity index is 2.24. The Morgan fingerprint density at radius 1 is 1.37 bits per heavy atom. The summed E-state index contributed by atoms with van der Waals surface area (Å²) in [5, 5.41) is 11.8. The Labute approximate surface area is 120 Å². The average Bonchev–Trinajstić information content (AvgIpc) is 2.82. The molecule has 0 aliphatic rings. The number of rotatable bonds is 3. The van der Waals surface area contributed by atoms with E-state index < -0.39 is 11.9 Å². The van der Waals surface area contributed by atoms with Crippen LogP contribution in [0.4, 0.5) is 13.2 Å². The van der Waals surface area contributed by atoms with Gasteiger partial charge in [0.2, 0.25) is 0 Å². The van der Waals surface area contributed by atoms with E-state index in [4.69, 9.17) is 11.6 Å². The van der Waals surface area contributed by atoms with Gasteiger partial charge in [-0.1, -0.05) is 34.7 Å². The lowest BCUT2D eigenvalue weighted by atomic mass is 10.3. The largest absolute Gasteiger partial charge is 0.435 e. The smallest absolute Gasteiger partial charge is 0.256 e. The van der Waals surface area contributed by atoms with Gasteiger partial charge in [-0.2, -0.15) is 18.3 Å². The van der Waals surface area contributed by atoms with Gasteiger partial charge in [-0.3, -0.25) is 4.68 Å². The fourth-order valence-corrected chi connectivity index (χ4v) is 3.48. The van der Waals surface area contributed by atoms with Crippen molar-refractivity contribution in [1.29, 1.82) is 0 Å². The zero-order valence-electron chi connectivity index (χ0n) is 9.82. The molecule has 0 fully saturated rings. The molecular formula is C9H8ClF3N4S2. The molecule has 2 aromatic heterocycles. The van der Waals surface area contributed by atoms with Crippen LogP contribution in [0.25, 0.3) is 0 Å². The van der Waals surface area contributed by atoms with E-state index in [9.17, 15) is 13.2 Å². The standard InChI is InChI=1S/C9H8ClF3N4S2/c1-4-14-15-8(19-4)18-3-5-6(9(11,12)13)16-17(2)7(5)10/h3H2,1-2H3. The third-order valence-corrected chi connectivity index (χ3v) is 4.66. The van der Waals surface area contributed by atoms with Gasteiger partial charge in [0.1, 0.15) is 10.2 Å². The molecule has 10 heteroatoms. The van der Waals surface area contributed by atoms with E-state index in [1.54, 1.807) is 6.92 Å². The molecule has 0 radical (unpaired) electrons. The number of aryl methyl sites for hydroxylation is 2. The van der Waals surface area contributed by atoms with E-state index in [0.717, 1.165) is 21.5 Å². The molecule has 0 saturated heterocycles. The van der Waals surface area contributed by atoms with Crippen molar-refractivity contribution in [2.45, 2.75) is 23.2 Å². The summed E-state index contributed by atoms with van der Waals surface area (Å²) in [5.41, 5.74) is -0.983. The molecule has 0 saturated carbocycles. The van der Waals surface area contributed by atoms with Crippen LogP contribution in [0.3, 0.4) is 0 Å². The molecule has 104 valence electrons. The van der Waals surface area contributed by atoms with Gasteiger partial charge >= 0.3 is 6.18 Å². The van der Waals surface area contributed by atoms with Crippen molar-refractivity contribution in [2.75, 3.05) is 0 Å². The second kappa shape index (κ2) is 5.29. The number of hydrogen-bond acceptors (Lipinski definition) is 5. The van der Waals surface area contributed by atoms with E-state index >= 15 is 0 Å². The lowest BCUT2D eigenvalue weighted by Crippen LogP contribution is -2.09. The summed E-state index contributed by atoms with van der Waals surface area (Å²) < 4.78 is 40.0. The van der Waals surface area contributed by atoms with E-state index in [-0.39, 0.29) is 16.5 Å². The maximum absolute atomic E-state index is 12.8. The summed E-state index contributed by atoms with van der Waals surface area (Å²) in [6, 6.07) is 0.